The van der Waals surface area contributed by atoms with Crippen LogP contribution in [-0.4, -0.2) is 50.1 Å². The number of rotatable bonds is 3. The number of fused-ring (bicyclic) bond motifs is 2. The molecule has 150 valence electrons. The monoisotopic (exact) mass is 395 g/mol. The van der Waals surface area contributed by atoms with Crippen LogP contribution >= 0.6 is 0 Å². The van der Waals surface area contributed by atoms with Crippen LogP contribution in [-0.2, 0) is 7.05 Å². The zero-order chi connectivity index (χ0) is 20.1. The van der Waals surface area contributed by atoms with Crippen LogP contribution in [0, 0.1) is 11.9 Å². The van der Waals surface area contributed by atoms with Crippen LogP contribution in [0.4, 0.5) is 4.39 Å². The van der Waals surface area contributed by atoms with Gasteiger partial charge in [-0.15, -0.1) is 0 Å². The van der Waals surface area contributed by atoms with Crippen molar-refractivity contribution in [2.75, 3.05) is 6.54 Å². The zero-order valence-corrected chi connectivity index (χ0v) is 16.1. The molecule has 0 spiro atoms. The summed E-state index contributed by atoms with van der Waals surface area (Å²) in [5.74, 6) is -0.616. The smallest absolute Gasteiger partial charge is 0.274 e. The molecule has 1 aliphatic carbocycles. The SMILES string of the molecule is Cn1nc(C(=O)N2CC[C@@H]3CC[C@@H](NC(=O)c4cccc5cc[nH]c45)[C@@H]32)cc1F. The van der Waals surface area contributed by atoms with E-state index in [1.807, 2.05) is 24.4 Å². The van der Waals surface area contributed by atoms with E-state index in [2.05, 4.69) is 15.4 Å². The summed E-state index contributed by atoms with van der Waals surface area (Å²) >= 11 is 0. The van der Waals surface area contributed by atoms with E-state index >= 15 is 0 Å². The summed E-state index contributed by atoms with van der Waals surface area (Å²) in [6.45, 7) is 0.602. The molecule has 0 radical (unpaired) electrons. The lowest BCUT2D eigenvalue weighted by molar-refractivity contribution is 0.0683. The Bertz CT molecular complexity index is 1080. The van der Waals surface area contributed by atoms with Gasteiger partial charge in [0.2, 0.25) is 5.95 Å². The van der Waals surface area contributed by atoms with Crippen LogP contribution < -0.4 is 5.32 Å². The van der Waals surface area contributed by atoms with Crippen LogP contribution in [0.25, 0.3) is 10.9 Å². The fourth-order valence-electron chi connectivity index (χ4n) is 4.92. The number of amides is 2. The van der Waals surface area contributed by atoms with Gasteiger partial charge in [0.25, 0.3) is 11.8 Å². The van der Waals surface area contributed by atoms with Gasteiger partial charge in [-0.1, -0.05) is 12.1 Å². The molecule has 2 N–H and O–H groups in total. The molecule has 0 unspecified atom stereocenters. The number of carbonyl (C=O) groups is 2. The number of aryl methyl sites for hydroxylation is 1. The molecule has 5 rings (SSSR count). The van der Waals surface area contributed by atoms with Crippen molar-refractivity contribution < 1.29 is 14.0 Å². The minimum Gasteiger partial charge on any atom is -0.361 e. The molecule has 3 heterocycles. The van der Waals surface area contributed by atoms with E-state index in [9.17, 15) is 14.0 Å². The number of hydrogen-bond donors (Lipinski definition) is 2. The topological polar surface area (TPSA) is 83.0 Å². The van der Waals surface area contributed by atoms with E-state index in [0.29, 0.717) is 18.0 Å². The van der Waals surface area contributed by atoms with E-state index in [1.54, 1.807) is 11.0 Å². The van der Waals surface area contributed by atoms with Gasteiger partial charge in [0.15, 0.2) is 5.69 Å². The summed E-state index contributed by atoms with van der Waals surface area (Å²) in [6.07, 6.45) is 4.49. The van der Waals surface area contributed by atoms with Crippen LogP contribution in [0.15, 0.2) is 36.5 Å². The van der Waals surface area contributed by atoms with Gasteiger partial charge in [-0.05, 0) is 37.3 Å². The molecule has 1 aliphatic heterocycles. The third-order valence-electron chi connectivity index (χ3n) is 6.30. The fourth-order valence-corrected chi connectivity index (χ4v) is 4.92. The first-order valence-corrected chi connectivity index (χ1v) is 9.90. The van der Waals surface area contributed by atoms with Gasteiger partial charge in [-0.3, -0.25) is 9.59 Å². The fraction of sp³-hybridized carbons (Fsp3) is 0.381. The number of aromatic amines is 1. The van der Waals surface area contributed by atoms with E-state index in [0.717, 1.165) is 34.8 Å². The summed E-state index contributed by atoms with van der Waals surface area (Å²) in [7, 11) is 1.47. The first-order valence-electron chi connectivity index (χ1n) is 9.90. The Morgan fingerprint density at radius 2 is 2.10 bits per heavy atom. The normalized spacial score (nSPS) is 23.5. The van der Waals surface area contributed by atoms with Gasteiger partial charge in [0, 0.05) is 37.3 Å². The maximum atomic E-state index is 13.7. The van der Waals surface area contributed by atoms with E-state index in [1.165, 1.54) is 13.1 Å². The first kappa shape index (κ1) is 17.9. The first-order chi connectivity index (χ1) is 14.0. The van der Waals surface area contributed by atoms with Gasteiger partial charge in [0.05, 0.1) is 17.1 Å². The van der Waals surface area contributed by atoms with E-state index < -0.39 is 5.95 Å². The summed E-state index contributed by atoms with van der Waals surface area (Å²) in [5, 5.41) is 8.12. The van der Waals surface area contributed by atoms with Gasteiger partial charge < -0.3 is 15.2 Å². The molecule has 29 heavy (non-hydrogen) atoms. The number of nitrogens with zero attached hydrogens (tertiary/aromatic N) is 3. The number of halogens is 1. The number of H-pyrrole nitrogens is 1. The van der Waals surface area contributed by atoms with Gasteiger partial charge in [-0.2, -0.15) is 9.49 Å². The lowest BCUT2D eigenvalue weighted by atomic mass is 10.0. The Morgan fingerprint density at radius 1 is 1.24 bits per heavy atom. The molecule has 1 saturated heterocycles. The van der Waals surface area contributed by atoms with Crippen molar-refractivity contribution in [3.8, 4) is 0 Å². The van der Waals surface area contributed by atoms with Crippen molar-refractivity contribution in [1.82, 2.24) is 25.0 Å². The summed E-state index contributed by atoms with van der Waals surface area (Å²) in [6, 6.07) is 8.51. The average Bonchev–Trinajstić information content (AvgIpc) is 3.47. The number of hydrogen-bond acceptors (Lipinski definition) is 3. The van der Waals surface area contributed by atoms with Crippen LogP contribution in [0.2, 0.25) is 0 Å². The van der Waals surface area contributed by atoms with Crippen molar-refractivity contribution in [3.63, 3.8) is 0 Å². The molecule has 1 aromatic carbocycles. The molecule has 1 saturated carbocycles. The minimum absolute atomic E-state index is 0.0839. The van der Waals surface area contributed by atoms with Gasteiger partial charge in [0.1, 0.15) is 0 Å². The van der Waals surface area contributed by atoms with Crippen molar-refractivity contribution in [2.24, 2.45) is 13.0 Å². The van der Waals surface area contributed by atoms with Crippen molar-refractivity contribution in [1.29, 1.82) is 0 Å². The number of carbonyl (C=O) groups excluding carboxylic acids is 2. The van der Waals surface area contributed by atoms with Gasteiger partial charge >= 0.3 is 0 Å². The number of aromatic nitrogens is 3. The highest BCUT2D eigenvalue weighted by Gasteiger charge is 2.47. The van der Waals surface area contributed by atoms with Crippen LogP contribution in [0.5, 0.6) is 0 Å². The quantitative estimate of drug-likeness (QED) is 0.715. The Labute approximate surface area is 166 Å². The highest BCUT2D eigenvalue weighted by molar-refractivity contribution is 6.05. The highest BCUT2D eigenvalue weighted by atomic mass is 19.1. The van der Waals surface area contributed by atoms with Crippen molar-refractivity contribution in [3.05, 3.63) is 53.7 Å². The second kappa shape index (κ2) is 6.72. The number of likely N-dealkylation sites (tertiary alicyclic amines) is 1. The average molecular weight is 395 g/mol. The molecule has 0 bridgehead atoms. The van der Waals surface area contributed by atoms with Crippen molar-refractivity contribution >= 4 is 22.7 Å². The van der Waals surface area contributed by atoms with Crippen LogP contribution in [0.3, 0.4) is 0 Å². The standard InChI is InChI=1S/C21H22FN5O2/c1-26-17(22)11-16(25-26)21(29)27-10-8-13-5-6-15(19(13)27)24-20(28)14-4-2-3-12-7-9-23-18(12)14/h2-4,7,9,11,13,15,19,23H,5-6,8,10H2,1H3,(H,24,28)/t13-,15+,19+/m0/s1. The summed E-state index contributed by atoms with van der Waals surface area (Å²) < 4.78 is 14.7. The Kier molecular flexibility index (Phi) is 4.15. The minimum atomic E-state index is -0.542. The lowest BCUT2D eigenvalue weighted by Gasteiger charge is -2.29. The Hall–Kier alpha value is -3.16. The zero-order valence-electron chi connectivity index (χ0n) is 16.1. The molecule has 2 aromatic heterocycles. The third kappa shape index (κ3) is 2.90. The maximum Gasteiger partial charge on any atom is 0.274 e. The summed E-state index contributed by atoms with van der Waals surface area (Å²) in [5.41, 5.74) is 1.51. The number of para-hydroxylation sites is 1. The maximum absolute atomic E-state index is 13.7. The molecule has 2 aliphatic rings. The molecule has 8 heteroatoms. The predicted octanol–water partition coefficient (Wildman–Crippen LogP) is 2.46. The second-order valence-corrected chi connectivity index (χ2v) is 7.92. The predicted molar refractivity (Wildman–Crippen MR) is 105 cm³/mol. The molecular weight excluding hydrogens is 373 g/mol. The highest BCUT2D eigenvalue weighted by Crippen LogP contribution is 2.39. The second-order valence-electron chi connectivity index (χ2n) is 7.92. The third-order valence-corrected chi connectivity index (χ3v) is 6.30. The number of benzene rings is 1. The van der Waals surface area contributed by atoms with Crippen LogP contribution in [0.1, 0.15) is 40.1 Å². The largest absolute Gasteiger partial charge is 0.361 e. The van der Waals surface area contributed by atoms with Crippen molar-refractivity contribution in [2.45, 2.75) is 31.3 Å². The number of nitrogens with one attached hydrogen (secondary N) is 2. The Morgan fingerprint density at radius 3 is 2.90 bits per heavy atom. The molecule has 2 fully saturated rings. The summed E-state index contributed by atoms with van der Waals surface area (Å²) in [4.78, 5) is 30.8. The molecule has 3 atom stereocenters. The molecule has 2 amide bonds. The molecule has 7 nitrogen and oxygen atoms in total. The Balaban J connectivity index is 1.38. The van der Waals surface area contributed by atoms with E-state index in [4.69, 9.17) is 0 Å². The molecule has 3 aromatic rings. The van der Waals surface area contributed by atoms with Gasteiger partial charge in [-0.25, -0.2) is 4.68 Å². The molecular formula is C21H22FN5O2. The lowest BCUT2D eigenvalue weighted by Crippen LogP contribution is -2.49. The van der Waals surface area contributed by atoms with E-state index in [-0.39, 0.29) is 29.6 Å².